The number of H-pyrrole nitrogens is 1. The maximum absolute atomic E-state index is 5.56. The van der Waals surface area contributed by atoms with E-state index in [4.69, 9.17) is 5.73 Å². The third kappa shape index (κ3) is 2.94. The van der Waals surface area contributed by atoms with E-state index in [2.05, 4.69) is 26.7 Å². The van der Waals surface area contributed by atoms with Crippen molar-refractivity contribution in [1.29, 1.82) is 0 Å². The van der Waals surface area contributed by atoms with Crippen molar-refractivity contribution in [2.45, 2.75) is 32.7 Å². The van der Waals surface area contributed by atoms with Gasteiger partial charge in [-0.25, -0.2) is 4.98 Å². The molecule has 17 heavy (non-hydrogen) atoms. The largest absolute Gasteiger partial charge is 0.335 e. The molecule has 0 aliphatic carbocycles. The predicted octanol–water partition coefficient (Wildman–Crippen LogP) is 1.05. The summed E-state index contributed by atoms with van der Waals surface area (Å²) in [6, 6.07) is 0. The molecule has 0 atom stereocenters. The number of nitrogens with two attached hydrogens (primary N) is 1. The summed E-state index contributed by atoms with van der Waals surface area (Å²) >= 11 is 0. The first kappa shape index (κ1) is 11.9. The zero-order valence-corrected chi connectivity index (χ0v) is 10.2. The maximum Gasteiger partial charge on any atom is 0.0948 e. The van der Waals surface area contributed by atoms with E-state index in [-0.39, 0.29) is 0 Å². The van der Waals surface area contributed by atoms with Gasteiger partial charge in [0.2, 0.25) is 0 Å². The minimum Gasteiger partial charge on any atom is -0.335 e. The Morgan fingerprint density at radius 3 is 2.94 bits per heavy atom. The summed E-state index contributed by atoms with van der Waals surface area (Å²) < 4.78 is 2.18. The summed E-state index contributed by atoms with van der Waals surface area (Å²) in [5.74, 6) is 0. The van der Waals surface area contributed by atoms with Crippen LogP contribution in [0.25, 0.3) is 0 Å². The number of rotatable bonds is 6. The van der Waals surface area contributed by atoms with Gasteiger partial charge in [-0.1, -0.05) is 0 Å². The first-order chi connectivity index (χ1) is 8.31. The molecule has 5 heteroatoms. The predicted molar refractivity (Wildman–Crippen MR) is 66.6 cm³/mol. The Hall–Kier alpha value is -1.62. The monoisotopic (exact) mass is 233 g/mol. The van der Waals surface area contributed by atoms with Crippen molar-refractivity contribution >= 4 is 0 Å². The van der Waals surface area contributed by atoms with Gasteiger partial charge in [-0.2, -0.15) is 5.10 Å². The third-order valence-corrected chi connectivity index (χ3v) is 2.98. The van der Waals surface area contributed by atoms with Crippen molar-refractivity contribution in [3.63, 3.8) is 0 Å². The number of aryl methyl sites for hydroxylation is 3. The molecule has 0 radical (unpaired) electrons. The molecule has 2 aromatic heterocycles. The normalized spacial score (nSPS) is 10.9. The lowest BCUT2D eigenvalue weighted by molar-refractivity contribution is 0.615. The average Bonchev–Trinajstić information content (AvgIpc) is 2.90. The Kier molecular flexibility index (Phi) is 3.93. The number of hydrogen-bond donors (Lipinski definition) is 2. The van der Waals surface area contributed by atoms with Gasteiger partial charge in [0.25, 0.3) is 0 Å². The van der Waals surface area contributed by atoms with E-state index in [0.717, 1.165) is 31.5 Å². The second kappa shape index (κ2) is 5.63. The highest BCUT2D eigenvalue weighted by atomic mass is 15.1. The number of aromatic amines is 1. The molecule has 0 saturated carbocycles. The Morgan fingerprint density at radius 2 is 2.24 bits per heavy atom. The second-order valence-electron chi connectivity index (χ2n) is 4.24. The van der Waals surface area contributed by atoms with Crippen LogP contribution >= 0.6 is 0 Å². The average molecular weight is 233 g/mol. The van der Waals surface area contributed by atoms with Gasteiger partial charge in [-0.05, 0) is 31.9 Å². The smallest absolute Gasteiger partial charge is 0.0948 e. The molecule has 3 N–H and O–H groups in total. The standard InChI is InChI=1S/C12H19N5/c1-10-11(7-15-16-10)3-2-6-17-9-14-8-12(17)4-5-13/h7-9H,2-6,13H2,1H3,(H,15,16). The molecule has 0 unspecified atom stereocenters. The lowest BCUT2D eigenvalue weighted by Gasteiger charge is -2.06. The van der Waals surface area contributed by atoms with Crippen LogP contribution in [0.3, 0.4) is 0 Å². The number of aromatic nitrogens is 4. The lowest BCUT2D eigenvalue weighted by Crippen LogP contribution is -2.09. The molecule has 2 heterocycles. The van der Waals surface area contributed by atoms with Crippen molar-refractivity contribution in [2.24, 2.45) is 5.73 Å². The molecule has 0 fully saturated rings. The molecular formula is C12H19N5. The molecule has 0 bridgehead atoms. The SMILES string of the molecule is Cc1[nH]ncc1CCCn1cncc1CCN. The Bertz CT molecular complexity index is 457. The van der Waals surface area contributed by atoms with Gasteiger partial charge in [0.1, 0.15) is 0 Å². The second-order valence-corrected chi connectivity index (χ2v) is 4.24. The molecule has 0 spiro atoms. The van der Waals surface area contributed by atoms with Crippen LogP contribution in [0.5, 0.6) is 0 Å². The van der Waals surface area contributed by atoms with Crippen LogP contribution in [-0.2, 0) is 19.4 Å². The summed E-state index contributed by atoms with van der Waals surface area (Å²) in [6.45, 7) is 3.71. The van der Waals surface area contributed by atoms with Crippen molar-refractivity contribution < 1.29 is 0 Å². The molecule has 92 valence electrons. The van der Waals surface area contributed by atoms with Crippen molar-refractivity contribution in [2.75, 3.05) is 6.54 Å². The number of hydrogen-bond acceptors (Lipinski definition) is 3. The van der Waals surface area contributed by atoms with Crippen molar-refractivity contribution in [1.82, 2.24) is 19.7 Å². The molecule has 0 aliphatic heterocycles. The molecule has 0 aliphatic rings. The minimum atomic E-state index is 0.673. The lowest BCUT2D eigenvalue weighted by atomic mass is 10.1. The summed E-state index contributed by atoms with van der Waals surface area (Å²) in [5.41, 5.74) is 9.24. The highest BCUT2D eigenvalue weighted by molar-refractivity contribution is 5.14. The Balaban J connectivity index is 1.86. The van der Waals surface area contributed by atoms with Crippen molar-refractivity contribution in [3.8, 4) is 0 Å². The van der Waals surface area contributed by atoms with Gasteiger partial charge >= 0.3 is 0 Å². The van der Waals surface area contributed by atoms with E-state index in [1.165, 1.54) is 11.3 Å². The minimum absolute atomic E-state index is 0.673. The molecule has 5 nitrogen and oxygen atoms in total. The fourth-order valence-corrected chi connectivity index (χ4v) is 1.97. The summed E-state index contributed by atoms with van der Waals surface area (Å²) in [7, 11) is 0. The molecule has 2 aromatic rings. The molecule has 2 rings (SSSR count). The quantitative estimate of drug-likeness (QED) is 0.783. The van der Waals surface area contributed by atoms with Crippen LogP contribution in [0.2, 0.25) is 0 Å². The fraction of sp³-hybridized carbons (Fsp3) is 0.500. The zero-order chi connectivity index (χ0) is 12.1. The Labute approximate surface area is 101 Å². The van der Waals surface area contributed by atoms with E-state index in [1.807, 2.05) is 18.7 Å². The van der Waals surface area contributed by atoms with E-state index in [1.54, 1.807) is 0 Å². The summed E-state index contributed by atoms with van der Waals surface area (Å²) in [4.78, 5) is 4.16. The zero-order valence-electron chi connectivity index (χ0n) is 10.2. The van der Waals surface area contributed by atoms with Crippen LogP contribution < -0.4 is 5.73 Å². The first-order valence-electron chi connectivity index (χ1n) is 5.99. The van der Waals surface area contributed by atoms with Gasteiger partial charge in [0.15, 0.2) is 0 Å². The van der Waals surface area contributed by atoms with Crippen LogP contribution in [0, 0.1) is 6.92 Å². The van der Waals surface area contributed by atoms with Gasteiger partial charge in [-0.15, -0.1) is 0 Å². The topological polar surface area (TPSA) is 72.5 Å². The van der Waals surface area contributed by atoms with Gasteiger partial charge < -0.3 is 10.3 Å². The summed E-state index contributed by atoms with van der Waals surface area (Å²) in [6.07, 6.45) is 8.72. The van der Waals surface area contributed by atoms with Crippen LogP contribution in [0.1, 0.15) is 23.4 Å². The number of imidazole rings is 1. The summed E-state index contributed by atoms with van der Waals surface area (Å²) in [5, 5.41) is 6.98. The molecule has 0 amide bonds. The molecule has 0 aromatic carbocycles. The maximum atomic E-state index is 5.56. The van der Waals surface area contributed by atoms with Gasteiger partial charge in [0.05, 0.1) is 12.5 Å². The van der Waals surface area contributed by atoms with Crippen molar-refractivity contribution in [3.05, 3.63) is 35.7 Å². The molecular weight excluding hydrogens is 214 g/mol. The van der Waals surface area contributed by atoms with E-state index in [9.17, 15) is 0 Å². The van der Waals surface area contributed by atoms with Crippen LogP contribution in [0.15, 0.2) is 18.7 Å². The van der Waals surface area contributed by atoms with Gasteiger partial charge in [0, 0.05) is 30.6 Å². The first-order valence-corrected chi connectivity index (χ1v) is 5.99. The highest BCUT2D eigenvalue weighted by Gasteiger charge is 2.03. The third-order valence-electron chi connectivity index (χ3n) is 2.98. The van der Waals surface area contributed by atoms with Crippen LogP contribution in [0.4, 0.5) is 0 Å². The van der Waals surface area contributed by atoms with E-state index >= 15 is 0 Å². The molecule has 0 saturated heterocycles. The van der Waals surface area contributed by atoms with E-state index in [0.29, 0.717) is 6.54 Å². The number of nitrogens with one attached hydrogen (secondary N) is 1. The Morgan fingerprint density at radius 1 is 1.35 bits per heavy atom. The van der Waals surface area contributed by atoms with E-state index < -0.39 is 0 Å². The van der Waals surface area contributed by atoms with Gasteiger partial charge in [-0.3, -0.25) is 5.10 Å². The number of nitrogens with zero attached hydrogens (tertiary/aromatic N) is 3. The van der Waals surface area contributed by atoms with Crippen LogP contribution in [-0.4, -0.2) is 26.3 Å². The highest BCUT2D eigenvalue weighted by Crippen LogP contribution is 2.08. The fourth-order valence-electron chi connectivity index (χ4n) is 1.97.